The summed E-state index contributed by atoms with van der Waals surface area (Å²) in [6, 6.07) is -0.0271. The summed E-state index contributed by atoms with van der Waals surface area (Å²) < 4.78 is 0. The van der Waals surface area contributed by atoms with E-state index in [2.05, 4.69) is 15.0 Å². The van der Waals surface area contributed by atoms with Crippen LogP contribution in [-0.2, 0) is 0 Å². The van der Waals surface area contributed by atoms with Crippen LogP contribution in [0.2, 0.25) is 0 Å². The van der Waals surface area contributed by atoms with Crippen LogP contribution in [0.1, 0.15) is 23.7 Å². The minimum Gasteiger partial charge on any atom is -0.322 e. The van der Waals surface area contributed by atoms with E-state index >= 15 is 0 Å². The fourth-order valence-electron chi connectivity index (χ4n) is 1.26. The molecule has 0 aliphatic heterocycles. The molecule has 5 heteroatoms. The van der Waals surface area contributed by atoms with Gasteiger partial charge in [0.15, 0.2) is 0 Å². The molecule has 2 N–H and O–H groups in total. The van der Waals surface area contributed by atoms with E-state index in [-0.39, 0.29) is 6.04 Å². The van der Waals surface area contributed by atoms with Gasteiger partial charge in [-0.15, -0.1) is 11.3 Å². The normalized spacial score (nSPS) is 12.7. The molecule has 0 aliphatic rings. The highest BCUT2D eigenvalue weighted by atomic mass is 32.1. The van der Waals surface area contributed by atoms with E-state index in [9.17, 15) is 0 Å². The van der Waals surface area contributed by atoms with Crippen molar-refractivity contribution < 1.29 is 0 Å². The van der Waals surface area contributed by atoms with Gasteiger partial charge in [0.2, 0.25) is 0 Å². The maximum Gasteiger partial charge on any atom is 0.111 e. The highest BCUT2D eigenvalue weighted by Crippen LogP contribution is 2.24. The van der Waals surface area contributed by atoms with Gasteiger partial charge in [-0.3, -0.25) is 9.97 Å². The van der Waals surface area contributed by atoms with E-state index in [0.717, 1.165) is 22.1 Å². The molecule has 0 fully saturated rings. The molecular weight excluding hydrogens is 208 g/mol. The Morgan fingerprint density at radius 2 is 2.07 bits per heavy atom. The second-order valence-corrected chi connectivity index (χ2v) is 4.24. The summed E-state index contributed by atoms with van der Waals surface area (Å²) in [5.41, 5.74) is 8.34. The van der Waals surface area contributed by atoms with Crippen LogP contribution in [-0.4, -0.2) is 15.0 Å². The summed E-state index contributed by atoms with van der Waals surface area (Å²) in [5, 5.41) is 2.89. The molecular formula is C10H12N4S. The first kappa shape index (κ1) is 10.2. The Bertz CT molecular complexity index is 464. The van der Waals surface area contributed by atoms with Gasteiger partial charge in [0.1, 0.15) is 16.4 Å². The number of nitrogens with two attached hydrogens (primary N) is 1. The van der Waals surface area contributed by atoms with Gasteiger partial charge in [-0.2, -0.15) is 0 Å². The summed E-state index contributed by atoms with van der Waals surface area (Å²) in [7, 11) is 0. The summed E-state index contributed by atoms with van der Waals surface area (Å²) in [6.07, 6.45) is 3.35. The number of aromatic nitrogens is 3. The second kappa shape index (κ2) is 4.04. The van der Waals surface area contributed by atoms with Gasteiger partial charge >= 0.3 is 0 Å². The molecule has 4 nitrogen and oxygen atoms in total. The van der Waals surface area contributed by atoms with Crippen molar-refractivity contribution in [2.45, 2.75) is 19.9 Å². The molecule has 0 bridgehead atoms. The minimum atomic E-state index is -0.0271. The van der Waals surface area contributed by atoms with E-state index in [0.29, 0.717) is 0 Å². The minimum absolute atomic E-state index is 0.0271. The zero-order valence-electron chi connectivity index (χ0n) is 8.64. The smallest absolute Gasteiger partial charge is 0.111 e. The third-order valence-corrected chi connectivity index (χ3v) is 3.08. The van der Waals surface area contributed by atoms with Gasteiger partial charge in [0.05, 0.1) is 11.7 Å². The summed E-state index contributed by atoms with van der Waals surface area (Å²) in [6.45, 7) is 3.85. The Balaban J connectivity index is 2.42. The quantitative estimate of drug-likeness (QED) is 0.839. The lowest BCUT2D eigenvalue weighted by atomic mass is 10.2. The van der Waals surface area contributed by atoms with E-state index in [1.807, 2.05) is 19.2 Å². The van der Waals surface area contributed by atoms with Crippen molar-refractivity contribution >= 4 is 11.3 Å². The molecule has 1 atom stereocenters. The maximum absolute atomic E-state index is 5.76. The summed E-state index contributed by atoms with van der Waals surface area (Å²) in [5.74, 6) is 0. The SMILES string of the molecule is Cc1nccnc1-c1csc(C(C)N)n1. The number of nitrogens with zero attached hydrogens (tertiary/aromatic N) is 3. The highest BCUT2D eigenvalue weighted by molar-refractivity contribution is 7.10. The lowest BCUT2D eigenvalue weighted by molar-refractivity contribution is 0.807. The molecule has 0 aliphatic carbocycles. The van der Waals surface area contributed by atoms with Crippen molar-refractivity contribution in [3.63, 3.8) is 0 Å². The first-order valence-electron chi connectivity index (χ1n) is 4.67. The van der Waals surface area contributed by atoms with Crippen molar-refractivity contribution in [1.82, 2.24) is 15.0 Å². The van der Waals surface area contributed by atoms with Crippen molar-refractivity contribution in [2.24, 2.45) is 5.73 Å². The van der Waals surface area contributed by atoms with E-state index in [1.54, 1.807) is 23.7 Å². The Kier molecular flexibility index (Phi) is 2.75. The average molecular weight is 220 g/mol. The van der Waals surface area contributed by atoms with Gasteiger partial charge in [-0.25, -0.2) is 4.98 Å². The van der Waals surface area contributed by atoms with Crippen LogP contribution in [0.3, 0.4) is 0 Å². The Morgan fingerprint density at radius 1 is 1.33 bits per heavy atom. The van der Waals surface area contributed by atoms with Gasteiger partial charge in [0.25, 0.3) is 0 Å². The molecule has 1 unspecified atom stereocenters. The molecule has 2 heterocycles. The monoisotopic (exact) mass is 220 g/mol. The van der Waals surface area contributed by atoms with E-state index in [4.69, 9.17) is 5.73 Å². The van der Waals surface area contributed by atoms with Crippen LogP contribution in [0.4, 0.5) is 0 Å². The largest absolute Gasteiger partial charge is 0.322 e. The third-order valence-electron chi connectivity index (χ3n) is 2.04. The molecule has 0 radical (unpaired) electrons. The van der Waals surface area contributed by atoms with Crippen LogP contribution in [0.5, 0.6) is 0 Å². The maximum atomic E-state index is 5.76. The van der Waals surface area contributed by atoms with Gasteiger partial charge in [-0.1, -0.05) is 0 Å². The zero-order chi connectivity index (χ0) is 10.8. The first-order valence-corrected chi connectivity index (χ1v) is 5.55. The Hall–Kier alpha value is -1.33. The van der Waals surface area contributed by atoms with Crippen LogP contribution in [0, 0.1) is 6.92 Å². The highest BCUT2D eigenvalue weighted by Gasteiger charge is 2.10. The average Bonchev–Trinajstić information content (AvgIpc) is 2.67. The molecule has 0 aromatic carbocycles. The second-order valence-electron chi connectivity index (χ2n) is 3.35. The lowest BCUT2D eigenvalue weighted by Crippen LogP contribution is -2.04. The lowest BCUT2D eigenvalue weighted by Gasteiger charge is -1.99. The molecule has 0 saturated carbocycles. The molecule has 78 valence electrons. The Morgan fingerprint density at radius 3 is 2.67 bits per heavy atom. The van der Waals surface area contributed by atoms with Gasteiger partial charge in [0, 0.05) is 17.8 Å². The topological polar surface area (TPSA) is 64.7 Å². The number of hydrogen-bond donors (Lipinski definition) is 1. The zero-order valence-corrected chi connectivity index (χ0v) is 9.45. The van der Waals surface area contributed by atoms with Crippen molar-refractivity contribution in [3.8, 4) is 11.4 Å². The fourth-order valence-corrected chi connectivity index (χ4v) is 2.03. The molecule has 0 spiro atoms. The van der Waals surface area contributed by atoms with E-state index < -0.39 is 0 Å². The number of hydrogen-bond acceptors (Lipinski definition) is 5. The first-order chi connectivity index (χ1) is 7.18. The Labute approximate surface area is 92.2 Å². The van der Waals surface area contributed by atoms with Crippen molar-refractivity contribution in [2.75, 3.05) is 0 Å². The summed E-state index contributed by atoms with van der Waals surface area (Å²) >= 11 is 1.56. The number of thiazole rings is 1. The van der Waals surface area contributed by atoms with Crippen LogP contribution < -0.4 is 5.73 Å². The van der Waals surface area contributed by atoms with Gasteiger partial charge in [-0.05, 0) is 13.8 Å². The molecule has 2 aromatic rings. The van der Waals surface area contributed by atoms with Crippen LogP contribution in [0.15, 0.2) is 17.8 Å². The molecule has 2 aromatic heterocycles. The fraction of sp³-hybridized carbons (Fsp3) is 0.300. The molecule has 2 rings (SSSR count). The molecule has 0 saturated heterocycles. The third kappa shape index (κ3) is 2.03. The van der Waals surface area contributed by atoms with Crippen LogP contribution >= 0.6 is 11.3 Å². The number of rotatable bonds is 2. The van der Waals surface area contributed by atoms with Gasteiger partial charge < -0.3 is 5.73 Å². The predicted octanol–water partition coefficient (Wildman–Crippen LogP) is 1.93. The van der Waals surface area contributed by atoms with Crippen LogP contribution in [0.25, 0.3) is 11.4 Å². The predicted molar refractivity (Wildman–Crippen MR) is 60.5 cm³/mol. The number of aryl methyl sites for hydroxylation is 1. The van der Waals surface area contributed by atoms with Crippen molar-refractivity contribution in [1.29, 1.82) is 0 Å². The van der Waals surface area contributed by atoms with E-state index in [1.165, 1.54) is 0 Å². The molecule has 15 heavy (non-hydrogen) atoms. The van der Waals surface area contributed by atoms with Crippen molar-refractivity contribution in [3.05, 3.63) is 28.5 Å². The standard InChI is InChI=1S/C10H12N4S/c1-6(11)10-14-8(5-15-10)9-7(2)12-3-4-13-9/h3-6H,11H2,1-2H3. The molecule has 0 amide bonds. The summed E-state index contributed by atoms with van der Waals surface area (Å²) in [4.78, 5) is 12.9.